The summed E-state index contributed by atoms with van der Waals surface area (Å²) in [5, 5.41) is 9.24. The van der Waals surface area contributed by atoms with Crippen LogP contribution in [0.4, 0.5) is 11.6 Å². The highest BCUT2D eigenvalue weighted by Gasteiger charge is 2.28. The van der Waals surface area contributed by atoms with E-state index in [0.29, 0.717) is 118 Å². The van der Waals surface area contributed by atoms with Gasteiger partial charge in [-0.1, -0.05) is 0 Å². The Kier molecular flexibility index (Phi) is 14.7. The van der Waals surface area contributed by atoms with Crippen LogP contribution in [0.1, 0.15) is 49.9 Å². The van der Waals surface area contributed by atoms with Gasteiger partial charge in [-0.25, -0.2) is 29.9 Å². The lowest BCUT2D eigenvalue weighted by Gasteiger charge is -2.31. The van der Waals surface area contributed by atoms with E-state index in [-0.39, 0.29) is 41.4 Å². The standard InChI is InChI=1S/C23H26N6O3.C23H24N6O3/c2*24-20(31)16-8-12-28(13-9-16)22-23(32)29(15-18(27-22)3-1-14-30)19-6-4-17(5-7-19)21-25-10-2-11-26-21/h2,4-7,10-11,15-16,30H,1,3,8-9,12-14H2,(H2,24,31);2,4-7,10-11,14-16H,1,3,8-9,12-13H2,(H2,24,31). The summed E-state index contributed by atoms with van der Waals surface area (Å²) in [4.78, 5) is 90.6. The molecule has 0 atom stereocenters. The normalized spacial score (nSPS) is 14.4. The smallest absolute Gasteiger partial charge is 0.298 e. The molecule has 6 aromatic rings. The van der Waals surface area contributed by atoms with Gasteiger partial charge in [0.15, 0.2) is 23.3 Å². The number of carbonyl (C=O) groups is 3. The number of primary amides is 2. The van der Waals surface area contributed by atoms with Crippen molar-refractivity contribution in [2.75, 3.05) is 42.6 Å². The second-order valence-corrected chi connectivity index (χ2v) is 15.6. The highest BCUT2D eigenvalue weighted by molar-refractivity contribution is 5.77. The third-order valence-electron chi connectivity index (χ3n) is 11.3. The van der Waals surface area contributed by atoms with Gasteiger partial charge in [0.1, 0.15) is 6.29 Å². The number of nitrogens with two attached hydrogens (primary N) is 2. The fourth-order valence-electron chi connectivity index (χ4n) is 7.75. The van der Waals surface area contributed by atoms with Crippen LogP contribution >= 0.6 is 0 Å². The Morgan fingerprint density at radius 3 is 1.38 bits per heavy atom. The van der Waals surface area contributed by atoms with Gasteiger partial charge in [0, 0.05) is 111 Å². The van der Waals surface area contributed by atoms with Gasteiger partial charge >= 0.3 is 0 Å². The number of rotatable bonds is 14. The minimum Gasteiger partial charge on any atom is -0.396 e. The number of aromatic nitrogens is 8. The van der Waals surface area contributed by atoms with E-state index in [1.807, 2.05) is 58.3 Å². The van der Waals surface area contributed by atoms with E-state index in [0.717, 1.165) is 23.1 Å². The summed E-state index contributed by atoms with van der Waals surface area (Å²) in [5.74, 6) is 0.948. The minimum absolute atomic E-state index is 0.0475. The molecule has 0 bridgehead atoms. The average molecular weight is 867 g/mol. The van der Waals surface area contributed by atoms with Gasteiger partial charge in [-0.15, -0.1) is 0 Å². The molecule has 0 spiro atoms. The van der Waals surface area contributed by atoms with Crippen molar-refractivity contribution in [3.8, 4) is 34.2 Å². The van der Waals surface area contributed by atoms with Crippen LogP contribution in [0, 0.1) is 11.8 Å². The summed E-state index contributed by atoms with van der Waals surface area (Å²) in [6.07, 6.45) is 15.2. The molecule has 2 fully saturated rings. The zero-order valence-electron chi connectivity index (χ0n) is 35.3. The van der Waals surface area contributed by atoms with Gasteiger partial charge in [-0.2, -0.15) is 0 Å². The quantitative estimate of drug-likeness (QED) is 0.133. The molecular weight excluding hydrogens is 817 g/mol. The first-order valence-corrected chi connectivity index (χ1v) is 21.3. The van der Waals surface area contributed by atoms with Crippen molar-refractivity contribution in [1.82, 2.24) is 39.0 Å². The van der Waals surface area contributed by atoms with E-state index < -0.39 is 0 Å². The fourth-order valence-corrected chi connectivity index (χ4v) is 7.75. The molecule has 0 saturated carbocycles. The van der Waals surface area contributed by atoms with Crippen LogP contribution < -0.4 is 32.4 Å². The summed E-state index contributed by atoms with van der Waals surface area (Å²) in [6.45, 7) is 2.19. The van der Waals surface area contributed by atoms with Crippen LogP contribution in [-0.4, -0.2) is 95.0 Å². The van der Waals surface area contributed by atoms with Gasteiger partial charge in [-0.3, -0.25) is 28.3 Å². The minimum atomic E-state index is -0.308. The fraction of sp³-hybridized carbons (Fsp3) is 0.326. The number of aryl methyl sites for hydroxylation is 2. The topological polar surface area (TPSA) is 251 Å². The molecule has 2 amide bonds. The molecule has 64 heavy (non-hydrogen) atoms. The molecule has 2 aliphatic rings. The van der Waals surface area contributed by atoms with Gasteiger partial charge in [0.2, 0.25) is 11.8 Å². The average Bonchev–Trinajstić information content (AvgIpc) is 3.34. The number of carbonyl (C=O) groups excluding carboxylic acids is 3. The molecule has 2 saturated heterocycles. The molecular formula is C46H50N12O6. The summed E-state index contributed by atoms with van der Waals surface area (Å²) < 4.78 is 3.14. The van der Waals surface area contributed by atoms with Crippen LogP contribution in [0.25, 0.3) is 34.2 Å². The molecule has 18 heteroatoms. The van der Waals surface area contributed by atoms with E-state index in [2.05, 4.69) is 29.9 Å². The van der Waals surface area contributed by atoms with Crippen LogP contribution in [0.5, 0.6) is 0 Å². The Labute approximate surface area is 368 Å². The Balaban J connectivity index is 0.000000191. The number of aliphatic hydroxyl groups is 1. The highest BCUT2D eigenvalue weighted by Crippen LogP contribution is 2.24. The van der Waals surface area contributed by atoms with Crippen molar-refractivity contribution in [3.05, 3.63) is 130 Å². The molecule has 2 aromatic carbocycles. The number of hydrogen-bond donors (Lipinski definition) is 3. The first-order chi connectivity index (χ1) is 31.1. The number of piperidine rings is 2. The molecule has 0 radical (unpaired) electrons. The first kappa shape index (κ1) is 44.6. The second kappa shape index (κ2) is 21.1. The lowest BCUT2D eigenvalue weighted by molar-refractivity contribution is -0.123. The summed E-state index contributed by atoms with van der Waals surface area (Å²) in [5.41, 5.74) is 14.9. The monoisotopic (exact) mass is 866 g/mol. The number of nitrogens with zero attached hydrogens (tertiary/aromatic N) is 10. The maximum atomic E-state index is 13.4. The van der Waals surface area contributed by atoms with E-state index >= 15 is 0 Å². The van der Waals surface area contributed by atoms with Gasteiger partial charge in [0.05, 0.1) is 11.4 Å². The van der Waals surface area contributed by atoms with E-state index in [1.54, 1.807) is 58.4 Å². The Bertz CT molecular complexity index is 2640. The van der Waals surface area contributed by atoms with Crippen molar-refractivity contribution in [1.29, 1.82) is 0 Å². The lowest BCUT2D eigenvalue weighted by atomic mass is 9.96. The van der Waals surface area contributed by atoms with Crippen LogP contribution in [-0.2, 0) is 27.2 Å². The maximum Gasteiger partial charge on any atom is 0.298 e. The largest absolute Gasteiger partial charge is 0.396 e. The van der Waals surface area contributed by atoms with E-state index in [4.69, 9.17) is 11.5 Å². The predicted octanol–water partition coefficient (Wildman–Crippen LogP) is 2.84. The molecule has 6 heterocycles. The molecule has 18 nitrogen and oxygen atoms in total. The number of aldehydes is 1. The summed E-state index contributed by atoms with van der Waals surface area (Å²) in [7, 11) is 0. The van der Waals surface area contributed by atoms with E-state index in [1.165, 1.54) is 0 Å². The lowest BCUT2D eigenvalue weighted by Crippen LogP contribution is -2.42. The van der Waals surface area contributed by atoms with Gasteiger partial charge in [0.25, 0.3) is 11.1 Å². The molecule has 4 aromatic heterocycles. The zero-order valence-corrected chi connectivity index (χ0v) is 35.3. The van der Waals surface area contributed by atoms with Crippen molar-refractivity contribution >= 4 is 29.7 Å². The van der Waals surface area contributed by atoms with Crippen LogP contribution in [0.15, 0.2) is 107 Å². The maximum absolute atomic E-state index is 13.4. The van der Waals surface area contributed by atoms with Crippen molar-refractivity contribution in [2.24, 2.45) is 23.3 Å². The Morgan fingerprint density at radius 2 is 1.02 bits per heavy atom. The molecule has 0 unspecified atom stereocenters. The van der Waals surface area contributed by atoms with Crippen molar-refractivity contribution < 1.29 is 19.5 Å². The second-order valence-electron chi connectivity index (χ2n) is 15.6. The Hall–Kier alpha value is -7.47. The number of hydrogen-bond acceptors (Lipinski definition) is 14. The van der Waals surface area contributed by atoms with E-state index in [9.17, 15) is 29.1 Å². The predicted molar refractivity (Wildman–Crippen MR) is 240 cm³/mol. The summed E-state index contributed by atoms with van der Waals surface area (Å²) >= 11 is 0. The highest BCUT2D eigenvalue weighted by atomic mass is 16.3. The SMILES string of the molecule is NC(=O)C1CCN(c2nc(CCC=O)cn(-c3ccc(-c4ncccn4)cc3)c2=O)CC1.NC(=O)C1CCN(c2nc(CCCO)cn(-c3ccc(-c4ncccn4)cc3)c2=O)CC1. The number of aliphatic hydroxyl groups excluding tert-OH is 1. The Morgan fingerprint density at radius 1 is 0.625 bits per heavy atom. The van der Waals surface area contributed by atoms with Gasteiger partial charge < -0.3 is 31.2 Å². The molecule has 0 aliphatic carbocycles. The molecule has 5 N–H and O–H groups in total. The number of anilines is 2. The number of amides is 2. The van der Waals surface area contributed by atoms with Crippen LogP contribution in [0.3, 0.4) is 0 Å². The number of benzene rings is 2. The third-order valence-corrected chi connectivity index (χ3v) is 11.3. The zero-order chi connectivity index (χ0) is 45.0. The molecule has 8 rings (SSSR count). The summed E-state index contributed by atoms with van der Waals surface area (Å²) in [6, 6.07) is 18.4. The third kappa shape index (κ3) is 10.8. The molecule has 2 aliphatic heterocycles. The molecule has 330 valence electrons. The first-order valence-electron chi connectivity index (χ1n) is 21.3. The van der Waals surface area contributed by atoms with Crippen molar-refractivity contribution in [3.63, 3.8) is 0 Å². The van der Waals surface area contributed by atoms with Crippen LogP contribution in [0.2, 0.25) is 0 Å². The van der Waals surface area contributed by atoms with Crippen molar-refractivity contribution in [2.45, 2.75) is 51.4 Å². The van der Waals surface area contributed by atoms with Gasteiger partial charge in [-0.05, 0) is 106 Å².